The van der Waals surface area contributed by atoms with Crippen molar-refractivity contribution in [3.63, 3.8) is 0 Å². The molecule has 0 radical (unpaired) electrons. The second-order valence-electron chi connectivity index (χ2n) is 5.45. The largest absolute Gasteiger partial charge is 0.325 e. The zero-order valence-electron chi connectivity index (χ0n) is 10.2. The smallest absolute Gasteiger partial charge is 0.162 e. The van der Waals surface area contributed by atoms with E-state index >= 15 is 0 Å². The van der Waals surface area contributed by atoms with Gasteiger partial charge < -0.3 is 5.73 Å². The molecule has 17 heavy (non-hydrogen) atoms. The molecule has 0 bridgehead atoms. The SMILES string of the molecule is CC1CCCC(N)(Cc2cccc(F)c2F)C1. The minimum Gasteiger partial charge on any atom is -0.325 e. The lowest BCUT2D eigenvalue weighted by atomic mass is 9.74. The van der Waals surface area contributed by atoms with Crippen LogP contribution in [-0.2, 0) is 6.42 Å². The summed E-state index contributed by atoms with van der Waals surface area (Å²) < 4.78 is 26.7. The molecule has 0 saturated heterocycles. The van der Waals surface area contributed by atoms with Crippen LogP contribution in [-0.4, -0.2) is 5.54 Å². The summed E-state index contributed by atoms with van der Waals surface area (Å²) in [5.41, 5.74) is 6.35. The van der Waals surface area contributed by atoms with Crippen molar-refractivity contribution in [1.29, 1.82) is 0 Å². The summed E-state index contributed by atoms with van der Waals surface area (Å²) in [6.07, 6.45) is 4.48. The van der Waals surface area contributed by atoms with Gasteiger partial charge in [-0.25, -0.2) is 8.78 Å². The van der Waals surface area contributed by atoms with E-state index in [4.69, 9.17) is 5.73 Å². The molecule has 2 unspecified atom stereocenters. The molecule has 1 saturated carbocycles. The van der Waals surface area contributed by atoms with E-state index in [0.29, 0.717) is 17.9 Å². The van der Waals surface area contributed by atoms with Gasteiger partial charge in [-0.3, -0.25) is 0 Å². The molecule has 2 N–H and O–H groups in total. The van der Waals surface area contributed by atoms with Crippen molar-refractivity contribution in [2.75, 3.05) is 0 Å². The van der Waals surface area contributed by atoms with Gasteiger partial charge >= 0.3 is 0 Å². The highest BCUT2D eigenvalue weighted by Gasteiger charge is 2.32. The van der Waals surface area contributed by atoms with Crippen LogP contribution in [0.25, 0.3) is 0 Å². The predicted molar refractivity (Wildman–Crippen MR) is 64.6 cm³/mol. The second kappa shape index (κ2) is 4.73. The van der Waals surface area contributed by atoms with Gasteiger partial charge in [0.1, 0.15) is 0 Å². The fourth-order valence-electron chi connectivity index (χ4n) is 2.93. The third-order valence-electron chi connectivity index (χ3n) is 3.70. The number of hydrogen-bond acceptors (Lipinski definition) is 1. The van der Waals surface area contributed by atoms with Crippen LogP contribution in [0.2, 0.25) is 0 Å². The molecule has 3 heteroatoms. The summed E-state index contributed by atoms with van der Waals surface area (Å²) >= 11 is 0. The third-order valence-corrected chi connectivity index (χ3v) is 3.70. The Kier molecular flexibility index (Phi) is 3.48. The first-order chi connectivity index (χ1) is 8.00. The van der Waals surface area contributed by atoms with Gasteiger partial charge in [0.2, 0.25) is 0 Å². The van der Waals surface area contributed by atoms with E-state index in [2.05, 4.69) is 6.92 Å². The van der Waals surface area contributed by atoms with Crippen LogP contribution in [0.5, 0.6) is 0 Å². The molecule has 1 aromatic carbocycles. The fraction of sp³-hybridized carbons (Fsp3) is 0.571. The van der Waals surface area contributed by atoms with Crippen LogP contribution in [0.3, 0.4) is 0 Å². The predicted octanol–water partition coefficient (Wildman–Crippen LogP) is 3.41. The first-order valence-corrected chi connectivity index (χ1v) is 6.22. The lowest BCUT2D eigenvalue weighted by molar-refractivity contribution is 0.233. The first-order valence-electron chi connectivity index (χ1n) is 6.22. The van der Waals surface area contributed by atoms with Crippen LogP contribution >= 0.6 is 0 Å². The maximum atomic E-state index is 13.6. The topological polar surface area (TPSA) is 26.0 Å². The molecule has 0 heterocycles. The lowest BCUT2D eigenvalue weighted by Gasteiger charge is -2.37. The van der Waals surface area contributed by atoms with Crippen molar-refractivity contribution in [1.82, 2.24) is 0 Å². The second-order valence-corrected chi connectivity index (χ2v) is 5.45. The zero-order valence-corrected chi connectivity index (χ0v) is 10.2. The Morgan fingerprint density at radius 2 is 2.18 bits per heavy atom. The summed E-state index contributed by atoms with van der Waals surface area (Å²) in [6.45, 7) is 2.17. The Labute approximate surface area is 101 Å². The van der Waals surface area contributed by atoms with E-state index in [1.807, 2.05) is 0 Å². The molecule has 2 rings (SSSR count). The van der Waals surface area contributed by atoms with E-state index < -0.39 is 11.6 Å². The fourth-order valence-corrected chi connectivity index (χ4v) is 2.93. The molecule has 94 valence electrons. The highest BCUT2D eigenvalue weighted by atomic mass is 19.2. The first kappa shape index (κ1) is 12.5. The lowest BCUT2D eigenvalue weighted by Crippen LogP contribution is -2.46. The molecule has 1 aliphatic rings. The Balaban J connectivity index is 2.17. The van der Waals surface area contributed by atoms with Crippen LogP contribution in [0.15, 0.2) is 18.2 Å². The Hall–Kier alpha value is -0.960. The molecular weight excluding hydrogens is 220 g/mol. The molecule has 1 aromatic rings. The van der Waals surface area contributed by atoms with Crippen molar-refractivity contribution < 1.29 is 8.78 Å². The van der Waals surface area contributed by atoms with Crippen molar-refractivity contribution in [2.45, 2.75) is 44.6 Å². The molecule has 0 amide bonds. The number of benzene rings is 1. The van der Waals surface area contributed by atoms with Gasteiger partial charge in [0.05, 0.1) is 0 Å². The Bertz CT molecular complexity index is 405. The Morgan fingerprint density at radius 1 is 1.41 bits per heavy atom. The van der Waals surface area contributed by atoms with Gasteiger partial charge in [-0.15, -0.1) is 0 Å². The summed E-state index contributed by atoms with van der Waals surface area (Å²) in [5, 5.41) is 0. The van der Waals surface area contributed by atoms with Gasteiger partial charge in [-0.2, -0.15) is 0 Å². The van der Waals surface area contributed by atoms with Crippen molar-refractivity contribution >= 4 is 0 Å². The minimum absolute atomic E-state index is 0.369. The molecular formula is C14H19F2N. The van der Waals surface area contributed by atoms with E-state index in [9.17, 15) is 8.78 Å². The summed E-state index contributed by atoms with van der Waals surface area (Å²) in [6, 6.07) is 4.32. The van der Waals surface area contributed by atoms with Crippen LogP contribution in [0, 0.1) is 17.6 Å². The standard InChI is InChI=1S/C14H19F2N/c1-10-4-3-7-14(17,8-10)9-11-5-2-6-12(15)13(11)16/h2,5-6,10H,3-4,7-9,17H2,1H3. The van der Waals surface area contributed by atoms with Crippen LogP contribution < -0.4 is 5.73 Å². The third kappa shape index (κ3) is 2.83. The van der Waals surface area contributed by atoms with Gasteiger partial charge in [0.15, 0.2) is 11.6 Å². The van der Waals surface area contributed by atoms with Crippen molar-refractivity contribution in [3.8, 4) is 0 Å². The molecule has 0 aliphatic heterocycles. The highest BCUT2D eigenvalue weighted by Crippen LogP contribution is 2.33. The molecule has 2 atom stereocenters. The van der Waals surface area contributed by atoms with Gasteiger partial charge in [0.25, 0.3) is 0 Å². The maximum Gasteiger partial charge on any atom is 0.162 e. The maximum absolute atomic E-state index is 13.6. The summed E-state index contributed by atoms with van der Waals surface area (Å²) in [4.78, 5) is 0. The number of nitrogens with two attached hydrogens (primary N) is 1. The Morgan fingerprint density at radius 3 is 2.88 bits per heavy atom. The normalized spacial score (nSPS) is 29.3. The van der Waals surface area contributed by atoms with Gasteiger partial charge in [-0.1, -0.05) is 31.9 Å². The number of rotatable bonds is 2. The summed E-state index contributed by atoms with van der Waals surface area (Å²) in [7, 11) is 0. The molecule has 1 nitrogen and oxygen atoms in total. The monoisotopic (exact) mass is 239 g/mol. The molecule has 1 aliphatic carbocycles. The average Bonchev–Trinajstić information content (AvgIpc) is 2.24. The number of halogens is 2. The van der Waals surface area contributed by atoms with Crippen LogP contribution in [0.4, 0.5) is 8.78 Å². The number of hydrogen-bond donors (Lipinski definition) is 1. The molecule has 0 spiro atoms. The summed E-state index contributed by atoms with van der Waals surface area (Å²) in [5.74, 6) is -0.948. The van der Waals surface area contributed by atoms with E-state index in [1.54, 1.807) is 12.1 Å². The van der Waals surface area contributed by atoms with Crippen molar-refractivity contribution in [2.24, 2.45) is 11.7 Å². The zero-order chi connectivity index (χ0) is 12.5. The van der Waals surface area contributed by atoms with Crippen molar-refractivity contribution in [3.05, 3.63) is 35.4 Å². The van der Waals surface area contributed by atoms with Crippen LogP contribution in [0.1, 0.15) is 38.2 Å². The minimum atomic E-state index is -0.782. The van der Waals surface area contributed by atoms with E-state index in [0.717, 1.165) is 25.3 Å². The molecule has 1 fully saturated rings. The highest BCUT2D eigenvalue weighted by molar-refractivity contribution is 5.21. The van der Waals surface area contributed by atoms with Gasteiger partial charge in [0, 0.05) is 5.54 Å². The average molecular weight is 239 g/mol. The van der Waals surface area contributed by atoms with E-state index in [1.165, 1.54) is 6.42 Å². The van der Waals surface area contributed by atoms with Gasteiger partial charge in [-0.05, 0) is 36.8 Å². The quantitative estimate of drug-likeness (QED) is 0.840. The van der Waals surface area contributed by atoms with E-state index in [-0.39, 0.29) is 5.54 Å². The molecule has 0 aromatic heterocycles.